The minimum absolute atomic E-state index is 0.0412. The van der Waals surface area contributed by atoms with E-state index in [1.807, 2.05) is 24.6 Å². The van der Waals surface area contributed by atoms with Gasteiger partial charge in [0.05, 0.1) is 18.0 Å². The van der Waals surface area contributed by atoms with E-state index in [1.54, 1.807) is 13.3 Å². The first-order valence-electron chi connectivity index (χ1n) is 8.03. The van der Waals surface area contributed by atoms with Crippen LogP contribution < -0.4 is 5.32 Å². The molecule has 1 N–H and O–H groups in total. The number of aryl methyl sites for hydroxylation is 2. The fraction of sp³-hybridized carbons (Fsp3) is 0.562. The topological polar surface area (TPSA) is 85.4 Å². The number of nitrogens with zero attached hydrogens (tertiary/aromatic N) is 4. The molecular weight excluding hydrogens is 310 g/mol. The largest absolute Gasteiger partial charge is 0.383 e. The van der Waals surface area contributed by atoms with Gasteiger partial charge in [0.1, 0.15) is 11.8 Å². The molecule has 8 nitrogen and oxygen atoms in total. The molecule has 0 aromatic carbocycles. The van der Waals surface area contributed by atoms with Crippen LogP contribution in [0.5, 0.6) is 0 Å². The summed E-state index contributed by atoms with van der Waals surface area (Å²) >= 11 is 0. The monoisotopic (exact) mass is 333 g/mol. The van der Waals surface area contributed by atoms with Crippen LogP contribution in [0.3, 0.4) is 0 Å². The molecule has 0 unspecified atom stereocenters. The summed E-state index contributed by atoms with van der Waals surface area (Å²) in [5, 5.41) is 11.2. The third kappa shape index (κ3) is 3.34. The Labute approximate surface area is 140 Å². The molecule has 1 aliphatic heterocycles. The van der Waals surface area contributed by atoms with Gasteiger partial charge in [0.2, 0.25) is 5.91 Å². The molecule has 1 atom stereocenters. The number of carbonyl (C=O) groups excluding carboxylic acids is 1. The molecule has 0 fully saturated rings. The Balaban J connectivity index is 1.74. The van der Waals surface area contributed by atoms with Crippen molar-refractivity contribution in [2.24, 2.45) is 0 Å². The molecule has 8 heteroatoms. The van der Waals surface area contributed by atoms with Crippen LogP contribution in [0.4, 0.5) is 0 Å². The van der Waals surface area contributed by atoms with Crippen LogP contribution >= 0.6 is 0 Å². The van der Waals surface area contributed by atoms with E-state index in [-0.39, 0.29) is 11.9 Å². The van der Waals surface area contributed by atoms with Crippen molar-refractivity contribution >= 4 is 5.91 Å². The Bertz CT molecular complexity index is 689. The van der Waals surface area contributed by atoms with Crippen LogP contribution in [0.25, 0.3) is 0 Å². The lowest BCUT2D eigenvalue weighted by Crippen LogP contribution is -2.45. The van der Waals surface area contributed by atoms with Gasteiger partial charge in [-0.05, 0) is 19.9 Å². The zero-order valence-corrected chi connectivity index (χ0v) is 14.3. The summed E-state index contributed by atoms with van der Waals surface area (Å²) in [7, 11) is 1.61. The number of nitrogens with one attached hydrogen (secondary N) is 1. The van der Waals surface area contributed by atoms with Gasteiger partial charge in [0.25, 0.3) is 0 Å². The third-order valence-corrected chi connectivity index (χ3v) is 4.34. The molecule has 0 aliphatic carbocycles. The Hall–Kier alpha value is -2.19. The zero-order valence-electron chi connectivity index (χ0n) is 14.3. The summed E-state index contributed by atoms with van der Waals surface area (Å²) < 4.78 is 12.0. The van der Waals surface area contributed by atoms with E-state index >= 15 is 0 Å². The molecule has 0 saturated carbocycles. The highest BCUT2D eigenvalue weighted by Gasteiger charge is 2.31. The number of fused-ring (bicyclic) bond motifs is 1. The first-order valence-corrected chi connectivity index (χ1v) is 8.03. The van der Waals surface area contributed by atoms with Crippen LogP contribution in [0.2, 0.25) is 0 Å². The average molecular weight is 333 g/mol. The summed E-state index contributed by atoms with van der Waals surface area (Å²) in [5.41, 5.74) is 3.01. The molecule has 0 radical (unpaired) electrons. The lowest BCUT2D eigenvalue weighted by molar-refractivity contribution is -0.126. The summed E-state index contributed by atoms with van der Waals surface area (Å²) in [6.07, 6.45) is 1.74. The van der Waals surface area contributed by atoms with Crippen molar-refractivity contribution in [2.75, 3.05) is 26.8 Å². The second-order valence-corrected chi connectivity index (χ2v) is 6.04. The van der Waals surface area contributed by atoms with Crippen molar-refractivity contribution < 1.29 is 14.1 Å². The lowest BCUT2D eigenvalue weighted by atomic mass is 10.1. The zero-order chi connectivity index (χ0) is 17.1. The van der Waals surface area contributed by atoms with E-state index in [0.717, 1.165) is 29.3 Å². The molecule has 0 saturated heterocycles. The standard InChI is InChI=1S/C16H23N5O3/c1-11-14(12(2)24-19-11)9-20-8-13-4-5-18-21(13)15(10-20)16(22)17-6-7-23-3/h4-5,15H,6-10H2,1-3H3,(H,17,22)/t15-/m1/s1. The van der Waals surface area contributed by atoms with Crippen molar-refractivity contribution in [1.29, 1.82) is 0 Å². The van der Waals surface area contributed by atoms with E-state index < -0.39 is 0 Å². The van der Waals surface area contributed by atoms with E-state index in [2.05, 4.69) is 20.5 Å². The van der Waals surface area contributed by atoms with Crippen molar-refractivity contribution in [3.63, 3.8) is 0 Å². The van der Waals surface area contributed by atoms with Gasteiger partial charge in [-0.1, -0.05) is 5.16 Å². The van der Waals surface area contributed by atoms with Gasteiger partial charge in [0, 0.05) is 45.0 Å². The Morgan fingerprint density at radius 3 is 3.04 bits per heavy atom. The lowest BCUT2D eigenvalue weighted by Gasteiger charge is -2.33. The number of hydrogen-bond donors (Lipinski definition) is 1. The van der Waals surface area contributed by atoms with E-state index in [4.69, 9.17) is 9.26 Å². The van der Waals surface area contributed by atoms with Crippen molar-refractivity contribution in [1.82, 2.24) is 25.2 Å². The maximum atomic E-state index is 12.5. The summed E-state index contributed by atoms with van der Waals surface area (Å²) in [6, 6.07) is 1.61. The Morgan fingerprint density at radius 1 is 1.50 bits per heavy atom. The molecule has 0 spiro atoms. The quantitative estimate of drug-likeness (QED) is 0.787. The van der Waals surface area contributed by atoms with Crippen molar-refractivity contribution in [3.8, 4) is 0 Å². The van der Waals surface area contributed by atoms with Crippen LogP contribution in [-0.2, 0) is 22.6 Å². The van der Waals surface area contributed by atoms with Gasteiger partial charge >= 0.3 is 0 Å². The van der Waals surface area contributed by atoms with Gasteiger partial charge in [-0.3, -0.25) is 14.4 Å². The molecule has 3 rings (SSSR count). The number of hydrogen-bond acceptors (Lipinski definition) is 6. The van der Waals surface area contributed by atoms with E-state index in [0.29, 0.717) is 26.2 Å². The first-order chi connectivity index (χ1) is 11.6. The van der Waals surface area contributed by atoms with Crippen molar-refractivity contribution in [3.05, 3.63) is 35.0 Å². The summed E-state index contributed by atoms with van der Waals surface area (Å²) in [6.45, 7) is 6.88. The summed E-state index contributed by atoms with van der Waals surface area (Å²) in [4.78, 5) is 14.8. The minimum atomic E-state index is -0.346. The SMILES string of the molecule is COCCNC(=O)[C@H]1CN(Cc2c(C)noc2C)Cc2ccnn21. The van der Waals surface area contributed by atoms with Crippen LogP contribution in [0.15, 0.2) is 16.8 Å². The predicted molar refractivity (Wildman–Crippen MR) is 86.2 cm³/mol. The second-order valence-electron chi connectivity index (χ2n) is 6.04. The number of rotatable bonds is 6. The maximum absolute atomic E-state index is 12.5. The molecule has 1 amide bonds. The van der Waals surface area contributed by atoms with E-state index in [9.17, 15) is 4.79 Å². The Morgan fingerprint density at radius 2 is 2.33 bits per heavy atom. The van der Waals surface area contributed by atoms with Gasteiger partial charge in [-0.2, -0.15) is 5.10 Å². The smallest absolute Gasteiger partial charge is 0.246 e. The van der Waals surface area contributed by atoms with Gasteiger partial charge in [0.15, 0.2) is 0 Å². The third-order valence-electron chi connectivity index (χ3n) is 4.34. The van der Waals surface area contributed by atoms with Gasteiger partial charge in [-0.15, -0.1) is 0 Å². The van der Waals surface area contributed by atoms with Crippen LogP contribution in [0.1, 0.15) is 28.8 Å². The molecule has 1 aliphatic rings. The predicted octanol–water partition coefficient (Wildman–Crippen LogP) is 0.807. The number of methoxy groups -OCH3 is 1. The van der Waals surface area contributed by atoms with Crippen molar-refractivity contribution in [2.45, 2.75) is 33.0 Å². The molecule has 3 heterocycles. The highest BCUT2D eigenvalue weighted by Crippen LogP contribution is 2.24. The highest BCUT2D eigenvalue weighted by atomic mass is 16.5. The molecule has 130 valence electrons. The second kappa shape index (κ2) is 7.14. The minimum Gasteiger partial charge on any atom is -0.383 e. The fourth-order valence-electron chi connectivity index (χ4n) is 3.02. The molecule has 24 heavy (non-hydrogen) atoms. The van der Waals surface area contributed by atoms with Gasteiger partial charge < -0.3 is 14.6 Å². The number of amides is 1. The average Bonchev–Trinajstić information content (AvgIpc) is 3.16. The summed E-state index contributed by atoms with van der Waals surface area (Å²) in [5.74, 6) is 0.785. The maximum Gasteiger partial charge on any atom is 0.246 e. The van der Waals surface area contributed by atoms with Gasteiger partial charge in [-0.25, -0.2) is 0 Å². The number of ether oxygens (including phenoxy) is 1. The molecule has 2 aromatic heterocycles. The molecular formula is C16H23N5O3. The number of carbonyl (C=O) groups is 1. The normalized spacial score (nSPS) is 17.7. The van der Waals surface area contributed by atoms with Crippen LogP contribution in [0, 0.1) is 13.8 Å². The first kappa shape index (κ1) is 16.7. The van der Waals surface area contributed by atoms with E-state index in [1.165, 1.54) is 0 Å². The fourth-order valence-corrected chi connectivity index (χ4v) is 3.02. The highest BCUT2D eigenvalue weighted by molar-refractivity contribution is 5.80. The molecule has 2 aromatic rings. The molecule has 0 bridgehead atoms. The van der Waals surface area contributed by atoms with Crippen LogP contribution in [-0.4, -0.2) is 52.6 Å². The number of aromatic nitrogens is 3. The Kier molecular flexibility index (Phi) is 4.96.